The highest BCUT2D eigenvalue weighted by Crippen LogP contribution is 2.58. The minimum Gasteiger partial charge on any atom is -0.344 e. The second kappa shape index (κ2) is 9.73. The fraction of sp³-hybridized carbons (Fsp3) is 0.405. The van der Waals surface area contributed by atoms with Crippen molar-refractivity contribution in [2.24, 2.45) is 0 Å². The van der Waals surface area contributed by atoms with Crippen molar-refractivity contribution >= 4 is 22.1 Å². The van der Waals surface area contributed by atoms with E-state index in [9.17, 15) is 0 Å². The molecule has 202 valence electrons. The van der Waals surface area contributed by atoms with Crippen molar-refractivity contribution in [3.05, 3.63) is 106 Å². The van der Waals surface area contributed by atoms with Gasteiger partial charge < -0.3 is 9.80 Å². The number of para-hydroxylation sites is 2. The maximum Gasteiger partial charge on any atom is 0.0917 e. The first-order valence-electron chi connectivity index (χ1n) is 15.0. The van der Waals surface area contributed by atoms with Crippen molar-refractivity contribution in [2.75, 3.05) is 16.5 Å². The maximum absolute atomic E-state index is 2.78. The molecule has 2 aliphatic rings. The zero-order valence-corrected chi connectivity index (χ0v) is 25.0. The fourth-order valence-electron chi connectivity index (χ4n) is 7.36. The van der Waals surface area contributed by atoms with E-state index in [1.807, 2.05) is 0 Å². The molecule has 6 rings (SSSR count). The standard InChI is InChI=1S/C37H44N2/c1-22(2)27-15-11-16-28(23(3)4)34(27)38-21-39(35-29(24(5)6)17-12-18-30(35)25(7)8)37-32-20-10-14-26-13-9-19-31(33(26)32)36(37)38/h9-20,22-25,36-37H,21H2,1-8H3. The Balaban J connectivity index is 1.66. The van der Waals surface area contributed by atoms with E-state index in [-0.39, 0.29) is 12.1 Å². The van der Waals surface area contributed by atoms with E-state index in [2.05, 4.69) is 138 Å². The van der Waals surface area contributed by atoms with Gasteiger partial charge in [-0.25, -0.2) is 0 Å². The number of hydrogen-bond acceptors (Lipinski definition) is 2. The zero-order valence-electron chi connectivity index (χ0n) is 25.0. The Hall–Kier alpha value is -3.26. The second-order valence-corrected chi connectivity index (χ2v) is 13.0. The summed E-state index contributed by atoms with van der Waals surface area (Å²) >= 11 is 0. The van der Waals surface area contributed by atoms with E-state index in [0.29, 0.717) is 23.7 Å². The molecule has 2 heteroatoms. The molecule has 1 fully saturated rings. The van der Waals surface area contributed by atoms with E-state index in [0.717, 1.165) is 6.67 Å². The van der Waals surface area contributed by atoms with Gasteiger partial charge in [-0.2, -0.15) is 0 Å². The molecule has 0 amide bonds. The number of fused-ring (bicyclic) bond motifs is 3. The van der Waals surface area contributed by atoms with E-state index < -0.39 is 0 Å². The molecule has 0 bridgehead atoms. The maximum atomic E-state index is 2.78. The summed E-state index contributed by atoms with van der Waals surface area (Å²) < 4.78 is 0. The van der Waals surface area contributed by atoms with Crippen LogP contribution in [-0.2, 0) is 0 Å². The van der Waals surface area contributed by atoms with E-state index in [1.165, 1.54) is 55.5 Å². The smallest absolute Gasteiger partial charge is 0.0917 e. The van der Waals surface area contributed by atoms with Crippen LogP contribution in [0.4, 0.5) is 11.4 Å². The van der Waals surface area contributed by atoms with Gasteiger partial charge in [0.2, 0.25) is 0 Å². The van der Waals surface area contributed by atoms with Crippen molar-refractivity contribution < 1.29 is 0 Å². The molecule has 1 aliphatic heterocycles. The number of anilines is 2. The molecule has 2 atom stereocenters. The van der Waals surface area contributed by atoms with Crippen LogP contribution in [0.2, 0.25) is 0 Å². The molecular formula is C37H44N2. The molecule has 4 aromatic rings. The Morgan fingerprint density at radius 1 is 0.487 bits per heavy atom. The molecule has 39 heavy (non-hydrogen) atoms. The Labute approximate surface area is 235 Å². The molecule has 0 aromatic heterocycles. The average molecular weight is 517 g/mol. The van der Waals surface area contributed by atoms with E-state index >= 15 is 0 Å². The van der Waals surface area contributed by atoms with Crippen LogP contribution >= 0.6 is 0 Å². The van der Waals surface area contributed by atoms with Gasteiger partial charge in [-0.1, -0.05) is 128 Å². The predicted molar refractivity (Wildman–Crippen MR) is 168 cm³/mol. The summed E-state index contributed by atoms with van der Waals surface area (Å²) in [5.41, 5.74) is 11.7. The Bertz CT molecular complexity index is 1360. The van der Waals surface area contributed by atoms with Gasteiger partial charge in [-0.05, 0) is 67.8 Å². The Morgan fingerprint density at radius 2 is 0.821 bits per heavy atom. The number of benzene rings is 4. The summed E-state index contributed by atoms with van der Waals surface area (Å²) in [7, 11) is 0. The monoisotopic (exact) mass is 516 g/mol. The highest BCUT2D eigenvalue weighted by atomic mass is 15.4. The molecule has 0 saturated carbocycles. The lowest BCUT2D eigenvalue weighted by Crippen LogP contribution is -2.30. The van der Waals surface area contributed by atoms with Crippen LogP contribution in [0.25, 0.3) is 10.8 Å². The topological polar surface area (TPSA) is 6.48 Å². The highest BCUT2D eigenvalue weighted by molar-refractivity contribution is 5.94. The van der Waals surface area contributed by atoms with Gasteiger partial charge in [0.1, 0.15) is 0 Å². The lowest BCUT2D eigenvalue weighted by molar-refractivity contribution is 0.637. The number of hydrogen-bond donors (Lipinski definition) is 0. The van der Waals surface area contributed by atoms with Gasteiger partial charge >= 0.3 is 0 Å². The largest absolute Gasteiger partial charge is 0.344 e. The normalized spacial score (nSPS) is 18.5. The first kappa shape index (κ1) is 26.0. The van der Waals surface area contributed by atoms with Gasteiger partial charge in [-0.3, -0.25) is 0 Å². The van der Waals surface area contributed by atoms with Gasteiger partial charge in [0.25, 0.3) is 0 Å². The summed E-state index contributed by atoms with van der Waals surface area (Å²) in [5, 5.41) is 2.83. The first-order chi connectivity index (χ1) is 18.7. The van der Waals surface area contributed by atoms with Gasteiger partial charge in [0.15, 0.2) is 0 Å². The van der Waals surface area contributed by atoms with Crippen molar-refractivity contribution in [2.45, 2.75) is 91.1 Å². The van der Waals surface area contributed by atoms with Crippen LogP contribution in [0.5, 0.6) is 0 Å². The molecule has 0 spiro atoms. The van der Waals surface area contributed by atoms with Crippen molar-refractivity contribution in [3.63, 3.8) is 0 Å². The summed E-state index contributed by atoms with van der Waals surface area (Å²) in [6.45, 7) is 19.7. The quantitative estimate of drug-likeness (QED) is 0.251. The molecule has 1 aliphatic carbocycles. The molecular weight excluding hydrogens is 472 g/mol. The first-order valence-corrected chi connectivity index (χ1v) is 15.0. The summed E-state index contributed by atoms with van der Waals surface area (Å²) in [4.78, 5) is 5.57. The average Bonchev–Trinajstić information content (AvgIpc) is 3.45. The Kier molecular flexibility index (Phi) is 6.49. The lowest BCUT2D eigenvalue weighted by atomic mass is 9.90. The van der Waals surface area contributed by atoms with Crippen LogP contribution in [0.1, 0.15) is 125 Å². The van der Waals surface area contributed by atoms with Gasteiger partial charge in [-0.15, -0.1) is 0 Å². The van der Waals surface area contributed by atoms with Gasteiger partial charge in [0, 0.05) is 11.4 Å². The minimum absolute atomic E-state index is 0.281. The lowest BCUT2D eigenvalue weighted by Gasteiger charge is -2.33. The highest BCUT2D eigenvalue weighted by Gasteiger charge is 2.49. The fourth-order valence-corrected chi connectivity index (χ4v) is 7.36. The third-order valence-corrected chi connectivity index (χ3v) is 9.14. The zero-order chi connectivity index (χ0) is 27.6. The second-order valence-electron chi connectivity index (χ2n) is 13.0. The van der Waals surface area contributed by atoms with Crippen molar-refractivity contribution in [1.29, 1.82) is 0 Å². The molecule has 1 heterocycles. The molecule has 0 radical (unpaired) electrons. The molecule has 1 saturated heterocycles. The van der Waals surface area contributed by atoms with Crippen LogP contribution < -0.4 is 9.80 Å². The molecule has 2 nitrogen and oxygen atoms in total. The predicted octanol–water partition coefficient (Wildman–Crippen LogP) is 10.4. The van der Waals surface area contributed by atoms with Crippen molar-refractivity contribution in [1.82, 2.24) is 0 Å². The number of nitrogens with zero attached hydrogens (tertiary/aromatic N) is 2. The van der Waals surface area contributed by atoms with Crippen LogP contribution in [0.3, 0.4) is 0 Å². The molecule has 4 aromatic carbocycles. The number of rotatable bonds is 6. The third kappa shape index (κ3) is 3.98. The SMILES string of the molecule is CC(C)c1cccc(C(C)C)c1N1CN(c2c(C(C)C)cccc2C(C)C)C2c3cccc4cccc(c34)C21. The Morgan fingerprint density at radius 3 is 1.15 bits per heavy atom. The van der Waals surface area contributed by atoms with E-state index in [4.69, 9.17) is 0 Å². The summed E-state index contributed by atoms with van der Waals surface area (Å²) in [6.07, 6.45) is 0. The van der Waals surface area contributed by atoms with Crippen LogP contribution in [-0.4, -0.2) is 6.67 Å². The summed E-state index contributed by atoms with van der Waals surface area (Å²) in [5.74, 6) is 1.83. The molecule has 0 N–H and O–H groups in total. The molecule has 2 unspecified atom stereocenters. The van der Waals surface area contributed by atoms with Gasteiger partial charge in [0.05, 0.1) is 18.8 Å². The van der Waals surface area contributed by atoms with Crippen molar-refractivity contribution in [3.8, 4) is 0 Å². The van der Waals surface area contributed by atoms with E-state index in [1.54, 1.807) is 0 Å². The van der Waals surface area contributed by atoms with Crippen LogP contribution in [0, 0.1) is 0 Å². The summed E-state index contributed by atoms with van der Waals surface area (Å²) in [6, 6.07) is 28.5. The third-order valence-electron chi connectivity index (χ3n) is 9.14. The minimum atomic E-state index is 0.281. The van der Waals surface area contributed by atoms with Crippen LogP contribution in [0.15, 0.2) is 72.8 Å².